The predicted octanol–water partition coefficient (Wildman–Crippen LogP) is 1.22. The van der Waals surface area contributed by atoms with Crippen molar-refractivity contribution in [1.82, 2.24) is 4.57 Å². The lowest BCUT2D eigenvalue weighted by Crippen LogP contribution is -2.34. The molecule has 2 aromatic rings. The fourth-order valence-corrected chi connectivity index (χ4v) is 2.34. The van der Waals surface area contributed by atoms with Crippen molar-refractivity contribution in [1.29, 1.82) is 0 Å². The van der Waals surface area contributed by atoms with Gasteiger partial charge in [-0.25, -0.2) is 4.39 Å². The van der Waals surface area contributed by atoms with Gasteiger partial charge in [-0.2, -0.15) is 0 Å². The van der Waals surface area contributed by atoms with Gasteiger partial charge in [0.2, 0.25) is 0 Å². The number of ketones is 1. The second-order valence-electron chi connectivity index (χ2n) is 4.68. The van der Waals surface area contributed by atoms with Crippen molar-refractivity contribution >= 4 is 17.4 Å². The van der Waals surface area contributed by atoms with Crippen molar-refractivity contribution in [2.75, 3.05) is 11.4 Å². The maximum Gasteiger partial charge on any atom is 0.299 e. The van der Waals surface area contributed by atoms with Crippen molar-refractivity contribution in [2.24, 2.45) is 0 Å². The SMILES string of the molecule is O=C1C(=O)N(CCn2ccccc2=O)c2cc(F)ccc21. The number of fused-ring (bicyclic) bond motifs is 1. The summed E-state index contributed by atoms with van der Waals surface area (Å²) in [6.45, 7) is 0.361. The van der Waals surface area contributed by atoms with Gasteiger partial charge in [0.25, 0.3) is 17.2 Å². The van der Waals surface area contributed by atoms with Gasteiger partial charge in [-0.3, -0.25) is 14.4 Å². The van der Waals surface area contributed by atoms with Crippen LogP contribution in [0.5, 0.6) is 0 Å². The first-order chi connectivity index (χ1) is 10.1. The van der Waals surface area contributed by atoms with Gasteiger partial charge in [-0.05, 0) is 24.3 Å². The van der Waals surface area contributed by atoms with E-state index in [9.17, 15) is 18.8 Å². The van der Waals surface area contributed by atoms with E-state index in [0.29, 0.717) is 0 Å². The molecule has 3 rings (SSSR count). The minimum atomic E-state index is -0.695. The van der Waals surface area contributed by atoms with Crippen LogP contribution in [0, 0.1) is 5.82 Å². The van der Waals surface area contributed by atoms with Crippen LogP contribution in [0.1, 0.15) is 10.4 Å². The molecule has 5 nitrogen and oxygen atoms in total. The number of aromatic nitrogens is 1. The molecule has 0 saturated carbocycles. The van der Waals surface area contributed by atoms with Crippen molar-refractivity contribution in [2.45, 2.75) is 6.54 Å². The van der Waals surface area contributed by atoms with Crippen molar-refractivity contribution in [3.05, 3.63) is 64.3 Å². The molecular weight excluding hydrogens is 275 g/mol. The number of carbonyl (C=O) groups is 2. The van der Waals surface area contributed by atoms with E-state index in [2.05, 4.69) is 0 Å². The smallest absolute Gasteiger partial charge is 0.299 e. The number of hydrogen-bond acceptors (Lipinski definition) is 3. The van der Waals surface area contributed by atoms with Gasteiger partial charge >= 0.3 is 0 Å². The number of amides is 1. The van der Waals surface area contributed by atoms with E-state index in [0.717, 1.165) is 12.1 Å². The number of Topliss-reactive ketones (excluding diaryl/α,β-unsaturated/α-hetero) is 1. The van der Waals surface area contributed by atoms with E-state index in [1.807, 2.05) is 0 Å². The minimum absolute atomic E-state index is 0.130. The fourth-order valence-electron chi connectivity index (χ4n) is 2.34. The van der Waals surface area contributed by atoms with E-state index in [1.165, 1.54) is 21.6 Å². The van der Waals surface area contributed by atoms with Crippen molar-refractivity contribution in [3.8, 4) is 0 Å². The minimum Gasteiger partial charge on any atom is -0.314 e. The molecule has 1 amide bonds. The fraction of sp³-hybridized carbons (Fsp3) is 0.133. The standard InChI is InChI=1S/C15H11FN2O3/c16-10-4-5-11-12(9-10)18(15(21)14(11)20)8-7-17-6-2-1-3-13(17)19/h1-6,9H,7-8H2. The monoisotopic (exact) mass is 286 g/mol. The lowest BCUT2D eigenvalue weighted by atomic mass is 10.1. The van der Waals surface area contributed by atoms with Crippen LogP contribution in [-0.2, 0) is 11.3 Å². The molecule has 0 fully saturated rings. The topological polar surface area (TPSA) is 59.4 Å². The van der Waals surface area contributed by atoms with E-state index in [4.69, 9.17) is 0 Å². The largest absolute Gasteiger partial charge is 0.314 e. The normalized spacial score (nSPS) is 13.7. The lowest BCUT2D eigenvalue weighted by molar-refractivity contribution is -0.114. The van der Waals surface area contributed by atoms with E-state index in [1.54, 1.807) is 18.3 Å². The van der Waals surface area contributed by atoms with Crippen LogP contribution in [0.25, 0.3) is 0 Å². The van der Waals surface area contributed by atoms with Gasteiger partial charge in [0, 0.05) is 25.4 Å². The zero-order chi connectivity index (χ0) is 15.0. The Hall–Kier alpha value is -2.76. The molecule has 0 bridgehead atoms. The summed E-state index contributed by atoms with van der Waals surface area (Å²) < 4.78 is 14.7. The number of carbonyl (C=O) groups excluding carboxylic acids is 2. The number of benzene rings is 1. The van der Waals surface area contributed by atoms with Crippen LogP contribution in [0.2, 0.25) is 0 Å². The number of rotatable bonds is 3. The molecule has 106 valence electrons. The molecule has 0 N–H and O–H groups in total. The van der Waals surface area contributed by atoms with Gasteiger partial charge in [-0.15, -0.1) is 0 Å². The molecule has 1 aliphatic rings. The maximum absolute atomic E-state index is 13.3. The molecule has 0 unspecified atom stereocenters. The first-order valence-electron chi connectivity index (χ1n) is 6.39. The third-order valence-electron chi connectivity index (χ3n) is 3.40. The van der Waals surface area contributed by atoms with Crippen molar-refractivity contribution < 1.29 is 14.0 Å². The average molecular weight is 286 g/mol. The molecule has 1 aromatic heterocycles. The quantitative estimate of drug-likeness (QED) is 0.797. The summed E-state index contributed by atoms with van der Waals surface area (Å²) in [6.07, 6.45) is 1.59. The third kappa shape index (κ3) is 2.24. The number of nitrogens with zero attached hydrogens (tertiary/aromatic N) is 2. The number of hydrogen-bond donors (Lipinski definition) is 0. The summed E-state index contributed by atoms with van der Waals surface area (Å²) >= 11 is 0. The summed E-state index contributed by atoms with van der Waals surface area (Å²) in [4.78, 5) is 36.6. The summed E-state index contributed by atoms with van der Waals surface area (Å²) in [5.74, 6) is -1.86. The van der Waals surface area contributed by atoms with Gasteiger partial charge in [0.15, 0.2) is 0 Å². The van der Waals surface area contributed by atoms with Gasteiger partial charge in [-0.1, -0.05) is 6.07 Å². The summed E-state index contributed by atoms with van der Waals surface area (Å²) in [5, 5.41) is 0. The number of anilines is 1. The summed E-state index contributed by atoms with van der Waals surface area (Å²) in [7, 11) is 0. The highest BCUT2D eigenvalue weighted by Crippen LogP contribution is 2.29. The Morgan fingerprint density at radius 1 is 1.00 bits per heavy atom. The van der Waals surface area contributed by atoms with Gasteiger partial charge < -0.3 is 9.47 Å². The zero-order valence-corrected chi connectivity index (χ0v) is 11.0. The number of pyridine rings is 1. The third-order valence-corrected chi connectivity index (χ3v) is 3.40. The van der Waals surface area contributed by atoms with Crippen molar-refractivity contribution in [3.63, 3.8) is 0 Å². The Morgan fingerprint density at radius 2 is 1.81 bits per heavy atom. The molecule has 6 heteroatoms. The maximum atomic E-state index is 13.3. The Kier molecular flexibility index (Phi) is 3.13. The summed E-state index contributed by atoms with van der Waals surface area (Å²) in [6, 6.07) is 8.34. The van der Waals surface area contributed by atoms with E-state index < -0.39 is 17.5 Å². The Balaban J connectivity index is 1.89. The molecule has 0 radical (unpaired) electrons. The Bertz CT molecular complexity index is 798. The molecule has 0 aliphatic carbocycles. The van der Waals surface area contributed by atoms with Crippen LogP contribution in [0.15, 0.2) is 47.4 Å². The molecule has 21 heavy (non-hydrogen) atoms. The van der Waals surface area contributed by atoms with Crippen LogP contribution in [0.4, 0.5) is 10.1 Å². The predicted molar refractivity (Wildman–Crippen MR) is 73.8 cm³/mol. The number of halogens is 1. The Morgan fingerprint density at radius 3 is 2.57 bits per heavy atom. The molecule has 0 saturated heterocycles. The van der Waals surface area contributed by atoms with E-state index in [-0.39, 0.29) is 29.9 Å². The molecule has 2 heterocycles. The molecular formula is C15H11FN2O3. The van der Waals surface area contributed by atoms with Crippen LogP contribution in [-0.4, -0.2) is 22.8 Å². The van der Waals surface area contributed by atoms with E-state index >= 15 is 0 Å². The first-order valence-corrected chi connectivity index (χ1v) is 6.39. The van der Waals surface area contributed by atoms with Crippen LogP contribution < -0.4 is 10.5 Å². The molecule has 1 aromatic carbocycles. The Labute approximate surface area is 119 Å². The molecule has 0 spiro atoms. The highest BCUT2D eigenvalue weighted by Gasteiger charge is 2.35. The summed E-state index contributed by atoms with van der Waals surface area (Å²) in [5.41, 5.74) is 0.255. The van der Waals surface area contributed by atoms with Crippen LogP contribution in [0.3, 0.4) is 0 Å². The zero-order valence-electron chi connectivity index (χ0n) is 11.0. The molecule has 0 atom stereocenters. The highest BCUT2D eigenvalue weighted by atomic mass is 19.1. The lowest BCUT2D eigenvalue weighted by Gasteiger charge is -2.17. The highest BCUT2D eigenvalue weighted by molar-refractivity contribution is 6.52. The van der Waals surface area contributed by atoms with Crippen LogP contribution >= 0.6 is 0 Å². The second-order valence-corrected chi connectivity index (χ2v) is 4.68. The first kappa shape index (κ1) is 13.2. The second kappa shape index (κ2) is 4.97. The van der Waals surface area contributed by atoms with Gasteiger partial charge in [0.05, 0.1) is 11.3 Å². The molecule has 1 aliphatic heterocycles. The van der Waals surface area contributed by atoms with Gasteiger partial charge in [0.1, 0.15) is 5.82 Å². The average Bonchev–Trinajstić information content (AvgIpc) is 2.70.